The normalized spacial score (nSPS) is 11.2. The maximum Gasteiger partial charge on any atom is 0.329 e. The lowest BCUT2D eigenvalue weighted by Gasteiger charge is -2.11. The second-order valence-corrected chi connectivity index (χ2v) is 8.55. The molecule has 0 aliphatic heterocycles. The van der Waals surface area contributed by atoms with Crippen LogP contribution in [0.4, 0.5) is 0 Å². The molecule has 0 fully saturated rings. The van der Waals surface area contributed by atoms with E-state index in [4.69, 9.17) is 21.6 Å². The predicted octanol–water partition coefficient (Wildman–Crippen LogP) is 3.16. The minimum atomic E-state index is -4.34. The molecule has 1 aromatic heterocycles. The Morgan fingerprint density at radius 3 is 2.48 bits per heavy atom. The van der Waals surface area contributed by atoms with Gasteiger partial charge >= 0.3 is 10.0 Å². The lowest BCUT2D eigenvalue weighted by Crippen LogP contribution is -2.29. The van der Waals surface area contributed by atoms with Crippen molar-refractivity contribution in [1.82, 2.24) is 9.29 Å². The average Bonchev–Trinajstić information content (AvgIpc) is 3.03. The fourth-order valence-electron chi connectivity index (χ4n) is 3.31. The Morgan fingerprint density at radius 2 is 1.87 bits per heavy atom. The molecule has 0 aliphatic rings. The van der Waals surface area contributed by atoms with Crippen LogP contribution in [-0.4, -0.2) is 31.9 Å². The quantitative estimate of drug-likeness (QED) is 0.446. The largest absolute Gasteiger partial charge is 0.497 e. The summed E-state index contributed by atoms with van der Waals surface area (Å²) in [5.74, 6) is -0.551. The van der Waals surface area contributed by atoms with Crippen LogP contribution < -0.4 is 9.46 Å². The van der Waals surface area contributed by atoms with Crippen LogP contribution in [0.1, 0.15) is 28.0 Å². The van der Waals surface area contributed by atoms with Crippen molar-refractivity contribution in [2.75, 3.05) is 7.11 Å². The van der Waals surface area contributed by atoms with Crippen molar-refractivity contribution in [1.29, 1.82) is 5.26 Å². The van der Waals surface area contributed by atoms with Gasteiger partial charge in [0, 0.05) is 28.1 Å². The van der Waals surface area contributed by atoms with Crippen molar-refractivity contribution in [2.45, 2.75) is 19.8 Å². The van der Waals surface area contributed by atoms with E-state index in [1.165, 1.54) is 11.7 Å². The molecule has 1 heterocycles. The van der Waals surface area contributed by atoms with Gasteiger partial charge in [-0.3, -0.25) is 14.2 Å². The Bertz CT molecular complexity index is 1320. The Balaban J connectivity index is 2.06. The van der Waals surface area contributed by atoms with Crippen molar-refractivity contribution < 1.29 is 22.7 Å². The second-order valence-electron chi connectivity index (χ2n) is 6.72. The number of sulfonamides is 1. The van der Waals surface area contributed by atoms with E-state index in [-0.39, 0.29) is 18.7 Å². The number of fused-ring (bicyclic) bond motifs is 1. The van der Waals surface area contributed by atoms with E-state index in [9.17, 15) is 18.0 Å². The Morgan fingerprint density at radius 1 is 1.19 bits per heavy atom. The molecule has 0 saturated heterocycles. The fraction of sp³-hybridized carbons (Fsp3) is 0.190. The van der Waals surface area contributed by atoms with Crippen molar-refractivity contribution in [2.24, 2.45) is 0 Å². The molecule has 0 atom stereocenters. The summed E-state index contributed by atoms with van der Waals surface area (Å²) in [6.07, 6.45) is -0.155. The van der Waals surface area contributed by atoms with E-state index in [1.54, 1.807) is 47.2 Å². The molecule has 0 spiro atoms. The monoisotopic (exact) mass is 459 g/mol. The van der Waals surface area contributed by atoms with Gasteiger partial charge in [-0.25, -0.2) is 4.72 Å². The van der Waals surface area contributed by atoms with Crippen LogP contribution in [0.15, 0.2) is 42.5 Å². The number of nitrogens with zero attached hydrogens (tertiary/aromatic N) is 2. The van der Waals surface area contributed by atoms with Crippen LogP contribution in [0.25, 0.3) is 10.9 Å². The smallest absolute Gasteiger partial charge is 0.329 e. The first kappa shape index (κ1) is 22.3. The summed E-state index contributed by atoms with van der Waals surface area (Å²) in [7, 11) is -2.80. The number of nitrogens with one attached hydrogen (secondary N) is 1. The van der Waals surface area contributed by atoms with Crippen LogP contribution in [0.3, 0.4) is 0 Å². The lowest BCUT2D eigenvalue weighted by molar-refractivity contribution is -0.119. The summed E-state index contributed by atoms with van der Waals surface area (Å²) >= 11 is 5.93. The minimum absolute atomic E-state index is 0.0783. The molecule has 3 aromatic rings. The first-order valence-electron chi connectivity index (χ1n) is 9.11. The zero-order chi connectivity index (χ0) is 22.8. The standard InChI is InChI=1S/C21H18ClN3O5S/c1-13-17-11-16(30-2)7-8-19(17)25(21(27)14-3-5-15(22)6-4-14)18(13)9-10-20(26)24-31(28,29)12-23/h3-8,11H,9-10H2,1-2H3,(H,24,26). The van der Waals surface area contributed by atoms with Crippen LogP contribution in [0, 0.1) is 17.6 Å². The van der Waals surface area contributed by atoms with Gasteiger partial charge in [-0.1, -0.05) is 11.6 Å². The molecule has 160 valence electrons. The van der Waals surface area contributed by atoms with Crippen LogP contribution in [-0.2, 0) is 21.2 Å². The number of aryl methyl sites for hydroxylation is 1. The molecule has 3 rings (SSSR count). The molecule has 1 N–H and O–H groups in total. The number of carbonyl (C=O) groups excluding carboxylic acids is 2. The molecule has 1 amide bonds. The molecule has 2 aromatic carbocycles. The molecule has 0 saturated carbocycles. The number of ether oxygens (including phenoxy) is 1. The molecule has 0 unspecified atom stereocenters. The van der Waals surface area contributed by atoms with Gasteiger partial charge in [0.15, 0.2) is 0 Å². The zero-order valence-corrected chi connectivity index (χ0v) is 18.2. The van der Waals surface area contributed by atoms with Gasteiger partial charge in [0.1, 0.15) is 5.75 Å². The molecular formula is C21H18ClN3O5S. The highest BCUT2D eigenvalue weighted by Crippen LogP contribution is 2.31. The SMILES string of the molecule is COc1ccc2c(c1)c(C)c(CCC(=O)NS(=O)(=O)C#N)n2C(=O)c1ccc(Cl)cc1. The van der Waals surface area contributed by atoms with E-state index >= 15 is 0 Å². The number of aromatic nitrogens is 1. The number of methoxy groups -OCH3 is 1. The van der Waals surface area contributed by atoms with Gasteiger partial charge < -0.3 is 4.74 Å². The molecule has 0 radical (unpaired) electrons. The van der Waals surface area contributed by atoms with Crippen LogP contribution in [0.2, 0.25) is 5.02 Å². The van der Waals surface area contributed by atoms with Gasteiger partial charge in [0.25, 0.3) is 5.91 Å². The van der Waals surface area contributed by atoms with Gasteiger partial charge in [-0.05, 0) is 61.4 Å². The number of hydrogen-bond acceptors (Lipinski definition) is 6. The fourth-order valence-corrected chi connectivity index (χ4v) is 3.89. The number of benzene rings is 2. The summed E-state index contributed by atoms with van der Waals surface area (Å²) in [6, 6.07) is 11.7. The maximum absolute atomic E-state index is 13.3. The number of nitriles is 1. The number of rotatable bonds is 6. The highest BCUT2D eigenvalue weighted by atomic mass is 35.5. The van der Waals surface area contributed by atoms with Crippen LogP contribution >= 0.6 is 11.6 Å². The molecular weight excluding hydrogens is 442 g/mol. The molecule has 10 heteroatoms. The third kappa shape index (κ3) is 4.71. The molecule has 31 heavy (non-hydrogen) atoms. The van der Waals surface area contributed by atoms with Gasteiger partial charge in [-0.15, -0.1) is 0 Å². The van der Waals surface area contributed by atoms with Gasteiger partial charge in [-0.2, -0.15) is 13.7 Å². The lowest BCUT2D eigenvalue weighted by atomic mass is 10.1. The molecule has 8 nitrogen and oxygen atoms in total. The first-order chi connectivity index (χ1) is 14.7. The van der Waals surface area contributed by atoms with Gasteiger partial charge in [0.05, 0.1) is 12.6 Å². The third-order valence-electron chi connectivity index (χ3n) is 4.80. The number of halogens is 1. The van der Waals surface area contributed by atoms with E-state index in [0.29, 0.717) is 27.5 Å². The van der Waals surface area contributed by atoms with Gasteiger partial charge in [0.2, 0.25) is 11.3 Å². The van der Waals surface area contributed by atoms with E-state index in [1.807, 2.05) is 6.92 Å². The van der Waals surface area contributed by atoms with Crippen molar-refractivity contribution in [3.63, 3.8) is 0 Å². The molecule has 0 aliphatic carbocycles. The number of hydrogen-bond donors (Lipinski definition) is 1. The van der Waals surface area contributed by atoms with E-state index < -0.39 is 15.9 Å². The summed E-state index contributed by atoms with van der Waals surface area (Å²) in [4.78, 5) is 25.4. The topological polar surface area (TPSA) is 118 Å². The highest BCUT2D eigenvalue weighted by Gasteiger charge is 2.22. The van der Waals surface area contributed by atoms with E-state index in [0.717, 1.165) is 16.4 Å². The maximum atomic E-state index is 13.3. The summed E-state index contributed by atoms with van der Waals surface area (Å²) in [6.45, 7) is 1.81. The summed E-state index contributed by atoms with van der Waals surface area (Å²) in [5, 5.41) is 10.8. The number of carbonyl (C=O) groups is 2. The predicted molar refractivity (Wildman–Crippen MR) is 115 cm³/mol. The Hall–Kier alpha value is -3.35. The van der Waals surface area contributed by atoms with Crippen molar-refractivity contribution in [3.05, 3.63) is 64.3 Å². The van der Waals surface area contributed by atoms with E-state index in [2.05, 4.69) is 0 Å². The Kier molecular flexibility index (Phi) is 6.34. The second kappa shape index (κ2) is 8.79. The molecule has 0 bridgehead atoms. The van der Waals surface area contributed by atoms with Crippen LogP contribution in [0.5, 0.6) is 5.75 Å². The van der Waals surface area contributed by atoms with Crippen molar-refractivity contribution >= 4 is 44.3 Å². The minimum Gasteiger partial charge on any atom is -0.497 e. The first-order valence-corrected chi connectivity index (χ1v) is 11.0. The highest BCUT2D eigenvalue weighted by molar-refractivity contribution is 7.94. The zero-order valence-electron chi connectivity index (χ0n) is 16.7. The number of thiocyanates is 1. The third-order valence-corrected chi connectivity index (χ3v) is 5.79. The number of amides is 1. The summed E-state index contributed by atoms with van der Waals surface area (Å²) in [5.41, 5.74) is 2.33. The summed E-state index contributed by atoms with van der Waals surface area (Å²) < 4.78 is 31.1. The average molecular weight is 460 g/mol. The van der Waals surface area contributed by atoms with Crippen molar-refractivity contribution in [3.8, 4) is 11.2 Å². The Labute approximate surface area is 184 Å².